The lowest BCUT2D eigenvalue weighted by Crippen LogP contribution is -2.06. The molecule has 0 saturated carbocycles. The van der Waals surface area contributed by atoms with Gasteiger partial charge in [0.1, 0.15) is 17.9 Å². The second-order valence-corrected chi connectivity index (χ2v) is 3.46. The van der Waals surface area contributed by atoms with E-state index in [4.69, 9.17) is 4.74 Å². The van der Waals surface area contributed by atoms with Gasteiger partial charge in [0, 0.05) is 5.92 Å². The van der Waals surface area contributed by atoms with Crippen LogP contribution in [0.3, 0.4) is 0 Å². The normalized spacial score (nSPS) is 12.2. The molecule has 0 aliphatic carbocycles. The van der Waals surface area contributed by atoms with E-state index < -0.39 is 0 Å². The lowest BCUT2D eigenvalue weighted by molar-refractivity contribution is -0.111. The van der Waals surface area contributed by atoms with Crippen LogP contribution in [-0.2, 0) is 11.2 Å². The molecule has 0 spiro atoms. The van der Waals surface area contributed by atoms with Crippen molar-refractivity contribution in [1.82, 2.24) is 0 Å². The molecule has 3 heteroatoms. The monoisotopic (exact) mass is 210 g/mol. The van der Waals surface area contributed by atoms with Gasteiger partial charge in [0.05, 0.1) is 7.11 Å². The van der Waals surface area contributed by atoms with Crippen molar-refractivity contribution in [3.05, 3.63) is 29.6 Å². The molecule has 1 unspecified atom stereocenters. The van der Waals surface area contributed by atoms with Gasteiger partial charge in [-0.15, -0.1) is 0 Å². The maximum atomic E-state index is 13.0. The number of benzene rings is 1. The Hall–Kier alpha value is -1.38. The highest BCUT2D eigenvalue weighted by atomic mass is 19.1. The van der Waals surface area contributed by atoms with Crippen LogP contribution in [0.4, 0.5) is 4.39 Å². The van der Waals surface area contributed by atoms with Crippen molar-refractivity contribution in [2.45, 2.75) is 19.8 Å². The average molecular weight is 210 g/mol. The Bertz CT molecular complexity index is 336. The molecule has 82 valence electrons. The highest BCUT2D eigenvalue weighted by molar-refractivity contribution is 5.54. The molecule has 1 aromatic carbocycles. The molecule has 0 aliphatic heterocycles. The van der Waals surface area contributed by atoms with E-state index >= 15 is 0 Å². The van der Waals surface area contributed by atoms with Gasteiger partial charge in [-0.1, -0.05) is 6.92 Å². The second-order valence-electron chi connectivity index (χ2n) is 3.46. The summed E-state index contributed by atoms with van der Waals surface area (Å²) in [5.41, 5.74) is 0.747. The van der Waals surface area contributed by atoms with E-state index in [-0.39, 0.29) is 11.7 Å². The molecular weight excluding hydrogens is 195 g/mol. The van der Waals surface area contributed by atoms with Crippen molar-refractivity contribution in [3.63, 3.8) is 0 Å². The number of carbonyl (C=O) groups is 1. The summed E-state index contributed by atoms with van der Waals surface area (Å²) in [7, 11) is 1.54. The fraction of sp³-hybridized carbons (Fsp3) is 0.417. The maximum absolute atomic E-state index is 13.0. The largest absolute Gasteiger partial charge is 0.496 e. The van der Waals surface area contributed by atoms with Gasteiger partial charge in [-0.3, -0.25) is 0 Å². The molecule has 0 amide bonds. The fourth-order valence-electron chi connectivity index (χ4n) is 1.48. The minimum absolute atomic E-state index is 0.0688. The minimum atomic E-state index is -0.299. The first-order valence-electron chi connectivity index (χ1n) is 4.99. The van der Waals surface area contributed by atoms with E-state index in [0.717, 1.165) is 18.3 Å². The number of methoxy groups -OCH3 is 1. The average Bonchev–Trinajstić information content (AvgIpc) is 2.26. The smallest absolute Gasteiger partial charge is 0.123 e. The van der Waals surface area contributed by atoms with E-state index in [1.54, 1.807) is 13.2 Å². The van der Waals surface area contributed by atoms with Gasteiger partial charge in [0.15, 0.2) is 0 Å². The summed E-state index contributed by atoms with van der Waals surface area (Å²) in [5, 5.41) is 0. The number of aldehydes is 1. The molecule has 0 heterocycles. The Balaban J connectivity index is 2.90. The Morgan fingerprint density at radius 2 is 2.27 bits per heavy atom. The summed E-state index contributed by atoms with van der Waals surface area (Å²) < 4.78 is 18.1. The van der Waals surface area contributed by atoms with Crippen LogP contribution in [0.2, 0.25) is 0 Å². The fourth-order valence-corrected chi connectivity index (χ4v) is 1.48. The number of halogens is 1. The van der Waals surface area contributed by atoms with Gasteiger partial charge in [-0.25, -0.2) is 4.39 Å². The predicted octanol–water partition coefficient (Wildman–Crippen LogP) is 2.60. The van der Waals surface area contributed by atoms with Crippen molar-refractivity contribution in [2.24, 2.45) is 5.92 Å². The van der Waals surface area contributed by atoms with E-state index in [9.17, 15) is 9.18 Å². The summed E-state index contributed by atoms with van der Waals surface area (Å²) >= 11 is 0. The van der Waals surface area contributed by atoms with Crippen LogP contribution in [0, 0.1) is 11.7 Å². The lowest BCUT2D eigenvalue weighted by Gasteiger charge is -2.11. The van der Waals surface area contributed by atoms with Gasteiger partial charge >= 0.3 is 0 Å². The first-order chi connectivity index (χ1) is 7.21. The number of hydrogen-bond acceptors (Lipinski definition) is 2. The van der Waals surface area contributed by atoms with Crippen LogP contribution in [0.25, 0.3) is 0 Å². The van der Waals surface area contributed by atoms with Crippen molar-refractivity contribution < 1.29 is 13.9 Å². The first-order valence-corrected chi connectivity index (χ1v) is 4.99. The summed E-state index contributed by atoms with van der Waals surface area (Å²) in [4.78, 5) is 10.7. The van der Waals surface area contributed by atoms with Gasteiger partial charge in [-0.05, 0) is 36.6 Å². The van der Waals surface area contributed by atoms with Crippen LogP contribution in [-0.4, -0.2) is 13.4 Å². The van der Waals surface area contributed by atoms with Crippen molar-refractivity contribution in [2.75, 3.05) is 7.11 Å². The molecule has 1 atom stereocenters. The maximum Gasteiger partial charge on any atom is 0.123 e. The van der Waals surface area contributed by atoms with E-state index in [2.05, 4.69) is 0 Å². The molecule has 1 rings (SSSR count). The molecule has 0 radical (unpaired) electrons. The van der Waals surface area contributed by atoms with E-state index in [1.165, 1.54) is 12.1 Å². The van der Waals surface area contributed by atoms with Crippen molar-refractivity contribution in [1.29, 1.82) is 0 Å². The zero-order valence-electron chi connectivity index (χ0n) is 9.00. The van der Waals surface area contributed by atoms with Crippen LogP contribution in [0.15, 0.2) is 18.2 Å². The molecule has 0 N–H and O–H groups in total. The van der Waals surface area contributed by atoms with Crippen LogP contribution < -0.4 is 4.74 Å². The third-order valence-electron chi connectivity index (χ3n) is 2.44. The SMILES string of the molecule is CCC(C=O)Cc1cc(F)ccc1OC. The molecule has 0 saturated heterocycles. The van der Waals surface area contributed by atoms with E-state index in [0.29, 0.717) is 12.2 Å². The second kappa shape index (κ2) is 5.49. The summed E-state index contributed by atoms with van der Waals surface area (Å²) in [5.74, 6) is 0.268. The zero-order valence-corrected chi connectivity index (χ0v) is 9.00. The van der Waals surface area contributed by atoms with E-state index in [1.807, 2.05) is 6.92 Å². The van der Waals surface area contributed by atoms with Crippen molar-refractivity contribution in [3.8, 4) is 5.75 Å². The highest BCUT2D eigenvalue weighted by Gasteiger charge is 2.10. The Kier molecular flexibility index (Phi) is 4.28. The van der Waals surface area contributed by atoms with Crippen LogP contribution >= 0.6 is 0 Å². The summed E-state index contributed by atoms with van der Waals surface area (Å²) in [6.45, 7) is 1.94. The zero-order chi connectivity index (χ0) is 11.3. The third-order valence-corrected chi connectivity index (χ3v) is 2.44. The summed E-state index contributed by atoms with van der Waals surface area (Å²) in [6.07, 6.45) is 2.19. The Labute approximate surface area is 89.1 Å². The highest BCUT2D eigenvalue weighted by Crippen LogP contribution is 2.22. The standard InChI is InChI=1S/C12H15FO2/c1-3-9(8-14)6-10-7-11(13)4-5-12(10)15-2/h4-5,7-9H,3,6H2,1-2H3. The van der Waals surface area contributed by atoms with Crippen LogP contribution in [0.1, 0.15) is 18.9 Å². The van der Waals surface area contributed by atoms with Crippen LogP contribution in [0.5, 0.6) is 5.75 Å². The topological polar surface area (TPSA) is 26.3 Å². The third kappa shape index (κ3) is 3.05. The molecule has 0 aliphatic rings. The molecule has 2 nitrogen and oxygen atoms in total. The molecule has 1 aromatic rings. The molecule has 0 bridgehead atoms. The first kappa shape index (κ1) is 11.7. The van der Waals surface area contributed by atoms with Gasteiger partial charge < -0.3 is 9.53 Å². The van der Waals surface area contributed by atoms with Gasteiger partial charge in [0.2, 0.25) is 0 Å². The summed E-state index contributed by atoms with van der Waals surface area (Å²) in [6, 6.07) is 4.36. The quantitative estimate of drug-likeness (QED) is 0.698. The van der Waals surface area contributed by atoms with Crippen molar-refractivity contribution >= 4 is 6.29 Å². The van der Waals surface area contributed by atoms with Gasteiger partial charge in [-0.2, -0.15) is 0 Å². The van der Waals surface area contributed by atoms with Gasteiger partial charge in [0.25, 0.3) is 0 Å². The molecular formula is C12H15FO2. The number of carbonyl (C=O) groups excluding carboxylic acids is 1. The number of rotatable bonds is 5. The number of hydrogen-bond donors (Lipinski definition) is 0. The minimum Gasteiger partial charge on any atom is -0.496 e. The lowest BCUT2D eigenvalue weighted by atomic mass is 9.97. The molecule has 0 fully saturated rings. The number of ether oxygens (including phenoxy) is 1. The Morgan fingerprint density at radius 3 is 2.80 bits per heavy atom. The molecule has 0 aromatic heterocycles. The predicted molar refractivity (Wildman–Crippen MR) is 56.5 cm³/mol. The Morgan fingerprint density at radius 1 is 1.53 bits per heavy atom. The molecule has 15 heavy (non-hydrogen) atoms.